The minimum Gasteiger partial charge on any atom is -0.867 e. The van der Waals surface area contributed by atoms with E-state index in [9.17, 15) is 5.11 Å². The molecular formula is C20H22N2OS. The largest absolute Gasteiger partial charge is 0.867 e. The first-order valence-corrected chi connectivity index (χ1v) is 8.21. The molecule has 0 aliphatic carbocycles. The van der Waals surface area contributed by atoms with Crippen LogP contribution in [-0.4, -0.2) is 11.5 Å². The molecule has 0 amide bonds. The standard InChI is InChI=1S/C20H22N2OS/c1-5-9-21-20(24)18(22-10-7-6-8-11-22)19(23)17-13-15(3)14(2)12-16(17)4/h5-8,10-13H,1,9H2,2-4H3,(H-,21,23,24). The van der Waals surface area contributed by atoms with Crippen molar-refractivity contribution in [2.45, 2.75) is 20.8 Å². The summed E-state index contributed by atoms with van der Waals surface area (Å²) in [7, 11) is 0. The van der Waals surface area contributed by atoms with E-state index < -0.39 is 0 Å². The van der Waals surface area contributed by atoms with Crippen molar-refractivity contribution in [3.63, 3.8) is 0 Å². The fraction of sp³-hybridized carbons (Fsp3) is 0.200. The number of aromatic nitrogens is 1. The molecule has 1 aromatic heterocycles. The maximum atomic E-state index is 13.2. The van der Waals surface area contributed by atoms with Crippen LogP contribution in [0.2, 0.25) is 0 Å². The van der Waals surface area contributed by atoms with Gasteiger partial charge in [0.2, 0.25) is 5.70 Å². The number of nitrogens with one attached hydrogen (secondary N) is 1. The van der Waals surface area contributed by atoms with Crippen LogP contribution in [0.25, 0.3) is 11.5 Å². The second kappa shape index (κ2) is 7.88. The van der Waals surface area contributed by atoms with Crippen molar-refractivity contribution in [2.75, 3.05) is 6.54 Å². The van der Waals surface area contributed by atoms with Crippen LogP contribution in [0, 0.1) is 20.8 Å². The van der Waals surface area contributed by atoms with Crippen molar-refractivity contribution < 1.29 is 9.67 Å². The lowest BCUT2D eigenvalue weighted by Gasteiger charge is -2.19. The van der Waals surface area contributed by atoms with Crippen LogP contribution in [-0.2, 0) is 0 Å². The smallest absolute Gasteiger partial charge is 0.237 e. The van der Waals surface area contributed by atoms with Crippen LogP contribution in [0.15, 0.2) is 55.4 Å². The highest BCUT2D eigenvalue weighted by Crippen LogP contribution is 2.22. The van der Waals surface area contributed by atoms with E-state index in [0.717, 1.165) is 11.1 Å². The lowest BCUT2D eigenvalue weighted by atomic mass is 9.98. The summed E-state index contributed by atoms with van der Waals surface area (Å²) in [6.07, 6.45) is 5.36. The lowest BCUT2D eigenvalue weighted by molar-refractivity contribution is -0.577. The van der Waals surface area contributed by atoms with Gasteiger partial charge in [-0.3, -0.25) is 0 Å². The summed E-state index contributed by atoms with van der Waals surface area (Å²) in [6, 6.07) is 9.62. The van der Waals surface area contributed by atoms with E-state index in [1.807, 2.05) is 63.5 Å². The molecule has 0 aliphatic rings. The molecule has 0 spiro atoms. The Morgan fingerprint density at radius 1 is 1.12 bits per heavy atom. The normalized spacial score (nSPS) is 11.6. The molecule has 4 heteroatoms. The van der Waals surface area contributed by atoms with Gasteiger partial charge in [0.15, 0.2) is 17.4 Å². The van der Waals surface area contributed by atoms with E-state index in [1.54, 1.807) is 10.6 Å². The first-order chi connectivity index (χ1) is 11.5. The SMILES string of the molecule is C=CCNC(=S)/C(=C(\[O-])c1cc(C)c(C)cc1C)[n+]1ccccc1. The van der Waals surface area contributed by atoms with Crippen LogP contribution in [0.3, 0.4) is 0 Å². The third-order valence-corrected chi connectivity index (χ3v) is 4.23. The molecule has 0 saturated carbocycles. The van der Waals surface area contributed by atoms with Crippen LogP contribution in [0.1, 0.15) is 22.3 Å². The molecule has 0 bridgehead atoms. The first-order valence-electron chi connectivity index (χ1n) is 7.81. The van der Waals surface area contributed by atoms with Gasteiger partial charge in [0, 0.05) is 18.7 Å². The van der Waals surface area contributed by atoms with Gasteiger partial charge in [-0.2, -0.15) is 4.57 Å². The van der Waals surface area contributed by atoms with Gasteiger partial charge in [0.1, 0.15) is 0 Å². The minimum atomic E-state index is -0.0895. The Morgan fingerprint density at radius 2 is 1.75 bits per heavy atom. The Kier molecular flexibility index (Phi) is 5.88. The highest BCUT2D eigenvalue weighted by atomic mass is 32.1. The molecule has 1 aromatic carbocycles. The summed E-state index contributed by atoms with van der Waals surface area (Å²) in [6.45, 7) is 10.2. The zero-order valence-electron chi connectivity index (χ0n) is 14.3. The van der Waals surface area contributed by atoms with E-state index >= 15 is 0 Å². The predicted molar refractivity (Wildman–Crippen MR) is 101 cm³/mol. The van der Waals surface area contributed by atoms with Gasteiger partial charge in [-0.15, -0.1) is 6.58 Å². The van der Waals surface area contributed by atoms with E-state index in [1.165, 1.54) is 5.56 Å². The highest BCUT2D eigenvalue weighted by Gasteiger charge is 2.18. The quantitative estimate of drug-likeness (QED) is 0.299. The summed E-state index contributed by atoms with van der Waals surface area (Å²) in [5.74, 6) is -0.0895. The summed E-state index contributed by atoms with van der Waals surface area (Å²) >= 11 is 5.46. The number of pyridine rings is 1. The monoisotopic (exact) mass is 338 g/mol. The number of hydrogen-bond donors (Lipinski definition) is 1. The van der Waals surface area contributed by atoms with Crippen LogP contribution in [0.4, 0.5) is 0 Å². The number of aryl methyl sites for hydroxylation is 3. The summed E-state index contributed by atoms with van der Waals surface area (Å²) in [4.78, 5) is 0.411. The van der Waals surface area contributed by atoms with E-state index in [4.69, 9.17) is 12.2 Å². The summed E-state index contributed by atoms with van der Waals surface area (Å²) in [5, 5.41) is 16.3. The fourth-order valence-electron chi connectivity index (χ4n) is 2.47. The van der Waals surface area contributed by atoms with E-state index in [-0.39, 0.29) is 5.76 Å². The highest BCUT2D eigenvalue weighted by molar-refractivity contribution is 7.81. The molecule has 0 radical (unpaired) electrons. The van der Waals surface area contributed by atoms with Crippen LogP contribution < -0.4 is 15.0 Å². The average Bonchev–Trinajstić information content (AvgIpc) is 2.57. The molecule has 3 nitrogen and oxygen atoms in total. The Bertz CT molecular complexity index is 795. The predicted octanol–water partition coefficient (Wildman–Crippen LogP) is 2.69. The molecule has 1 N–H and O–H groups in total. The molecular weight excluding hydrogens is 316 g/mol. The topological polar surface area (TPSA) is 39.0 Å². The minimum absolute atomic E-state index is 0.0895. The second-order valence-corrected chi connectivity index (χ2v) is 6.12. The molecule has 2 aromatic rings. The Morgan fingerprint density at radius 3 is 2.38 bits per heavy atom. The van der Waals surface area contributed by atoms with Crippen molar-refractivity contribution in [1.82, 2.24) is 5.32 Å². The first kappa shape index (κ1) is 17.9. The van der Waals surface area contributed by atoms with Gasteiger partial charge in [-0.05, 0) is 48.8 Å². The Hall–Kier alpha value is -2.46. The molecule has 2 rings (SSSR count). The summed E-state index contributed by atoms with van der Waals surface area (Å²) in [5.41, 5.74) is 4.33. The van der Waals surface area contributed by atoms with Gasteiger partial charge in [-0.1, -0.05) is 36.5 Å². The van der Waals surface area contributed by atoms with Gasteiger partial charge >= 0.3 is 0 Å². The van der Waals surface area contributed by atoms with Crippen molar-refractivity contribution >= 4 is 28.7 Å². The molecule has 0 saturated heterocycles. The number of hydrogen-bond acceptors (Lipinski definition) is 2. The Labute approximate surface area is 149 Å². The van der Waals surface area contributed by atoms with Gasteiger partial charge in [0.05, 0.1) is 0 Å². The van der Waals surface area contributed by atoms with Crippen LogP contribution in [0.5, 0.6) is 0 Å². The van der Waals surface area contributed by atoms with Gasteiger partial charge in [0.25, 0.3) is 0 Å². The van der Waals surface area contributed by atoms with E-state index in [2.05, 4.69) is 11.9 Å². The van der Waals surface area contributed by atoms with Gasteiger partial charge < -0.3 is 10.4 Å². The number of nitrogens with zero attached hydrogens (tertiary/aromatic N) is 1. The van der Waals surface area contributed by atoms with Crippen molar-refractivity contribution in [1.29, 1.82) is 0 Å². The molecule has 0 unspecified atom stereocenters. The summed E-state index contributed by atoms with van der Waals surface area (Å²) < 4.78 is 1.76. The molecule has 124 valence electrons. The Balaban J connectivity index is 2.64. The maximum Gasteiger partial charge on any atom is 0.237 e. The molecule has 1 heterocycles. The van der Waals surface area contributed by atoms with Gasteiger partial charge in [-0.25, -0.2) is 0 Å². The third-order valence-electron chi connectivity index (χ3n) is 3.90. The van der Waals surface area contributed by atoms with E-state index in [0.29, 0.717) is 22.8 Å². The number of benzene rings is 1. The fourth-order valence-corrected chi connectivity index (χ4v) is 2.75. The lowest BCUT2D eigenvalue weighted by Crippen LogP contribution is -2.42. The average molecular weight is 338 g/mol. The molecule has 24 heavy (non-hydrogen) atoms. The number of rotatable bonds is 5. The molecule has 0 aliphatic heterocycles. The van der Waals surface area contributed by atoms with Crippen LogP contribution >= 0.6 is 12.2 Å². The number of thiocarbonyl (C=S) groups is 1. The zero-order valence-corrected chi connectivity index (χ0v) is 15.1. The zero-order chi connectivity index (χ0) is 17.7. The second-order valence-electron chi connectivity index (χ2n) is 5.71. The van der Waals surface area contributed by atoms with Crippen molar-refractivity contribution in [3.05, 3.63) is 77.6 Å². The molecule has 0 atom stereocenters. The van der Waals surface area contributed by atoms with Crippen molar-refractivity contribution in [3.8, 4) is 0 Å². The third kappa shape index (κ3) is 3.89. The molecule has 0 fully saturated rings. The van der Waals surface area contributed by atoms with Crippen molar-refractivity contribution in [2.24, 2.45) is 0 Å². The maximum absolute atomic E-state index is 13.2.